The zero-order chi connectivity index (χ0) is 21.4. The third kappa shape index (κ3) is 4.14. The van der Waals surface area contributed by atoms with E-state index in [9.17, 15) is 21.6 Å². The van der Waals surface area contributed by atoms with Gasteiger partial charge in [0, 0.05) is 20.6 Å². The van der Waals surface area contributed by atoms with Gasteiger partial charge in [0.1, 0.15) is 0 Å². The van der Waals surface area contributed by atoms with Gasteiger partial charge in [-0.25, -0.2) is 25.9 Å². The minimum Gasteiger partial charge on any atom is -0.465 e. The molecule has 8 nitrogen and oxygen atoms in total. The van der Waals surface area contributed by atoms with E-state index in [1.165, 1.54) is 55.8 Å². The summed E-state index contributed by atoms with van der Waals surface area (Å²) >= 11 is 0. The van der Waals surface area contributed by atoms with Crippen LogP contribution in [0.2, 0.25) is 0 Å². The van der Waals surface area contributed by atoms with Crippen LogP contribution < -0.4 is 4.31 Å². The molecular formula is C19H22N2O6S2. The first-order valence-electron chi connectivity index (χ1n) is 8.79. The Balaban J connectivity index is 1.85. The SMILES string of the molecule is COC(=O)c1ccc(CS(=O)(=O)N2CCc3cc(S(=O)(=O)N(C)C)ccc32)cc1. The van der Waals surface area contributed by atoms with Crippen molar-refractivity contribution in [1.29, 1.82) is 0 Å². The lowest BCUT2D eigenvalue weighted by molar-refractivity contribution is 0.0600. The zero-order valence-electron chi connectivity index (χ0n) is 16.3. The van der Waals surface area contributed by atoms with Crippen LogP contribution in [0.3, 0.4) is 0 Å². The Labute approximate surface area is 170 Å². The maximum absolute atomic E-state index is 12.9. The van der Waals surface area contributed by atoms with Gasteiger partial charge in [0.05, 0.1) is 29.0 Å². The average molecular weight is 439 g/mol. The predicted octanol–water partition coefficient (Wildman–Crippen LogP) is 1.62. The van der Waals surface area contributed by atoms with Crippen molar-refractivity contribution in [2.75, 3.05) is 32.1 Å². The van der Waals surface area contributed by atoms with Crippen molar-refractivity contribution in [3.63, 3.8) is 0 Å². The van der Waals surface area contributed by atoms with E-state index in [1.54, 1.807) is 12.1 Å². The molecule has 0 aromatic heterocycles. The Morgan fingerprint density at radius 3 is 2.31 bits per heavy atom. The largest absolute Gasteiger partial charge is 0.465 e. The second kappa shape index (κ2) is 7.77. The number of hydrogen-bond donors (Lipinski definition) is 0. The summed E-state index contributed by atoms with van der Waals surface area (Å²) in [6.07, 6.45) is 0.437. The number of carbonyl (C=O) groups is 1. The van der Waals surface area contributed by atoms with Crippen molar-refractivity contribution in [1.82, 2.24) is 4.31 Å². The van der Waals surface area contributed by atoms with E-state index in [0.717, 1.165) is 4.31 Å². The van der Waals surface area contributed by atoms with E-state index < -0.39 is 26.0 Å². The van der Waals surface area contributed by atoms with Gasteiger partial charge in [-0.1, -0.05) is 12.1 Å². The quantitative estimate of drug-likeness (QED) is 0.635. The molecule has 156 valence electrons. The summed E-state index contributed by atoms with van der Waals surface area (Å²) in [7, 11) is -3.08. The number of methoxy groups -OCH3 is 1. The summed E-state index contributed by atoms with van der Waals surface area (Å²) in [5.74, 6) is -0.720. The van der Waals surface area contributed by atoms with Crippen LogP contribution in [-0.2, 0) is 37.0 Å². The molecule has 0 unspecified atom stereocenters. The van der Waals surface area contributed by atoms with Crippen molar-refractivity contribution in [3.8, 4) is 0 Å². The number of esters is 1. The van der Waals surface area contributed by atoms with Crippen LogP contribution in [0.15, 0.2) is 47.4 Å². The number of nitrogens with zero attached hydrogens (tertiary/aromatic N) is 2. The topological polar surface area (TPSA) is 101 Å². The highest BCUT2D eigenvalue weighted by Crippen LogP contribution is 2.33. The fourth-order valence-corrected chi connectivity index (χ4v) is 5.72. The maximum atomic E-state index is 12.9. The third-order valence-corrected chi connectivity index (χ3v) is 8.30. The zero-order valence-corrected chi connectivity index (χ0v) is 18.0. The van der Waals surface area contributed by atoms with Crippen molar-refractivity contribution in [2.45, 2.75) is 17.1 Å². The number of carbonyl (C=O) groups excluding carboxylic acids is 1. The number of rotatable bonds is 6. The molecule has 0 fully saturated rings. The normalized spacial score (nSPS) is 14.1. The van der Waals surface area contributed by atoms with E-state index >= 15 is 0 Å². The van der Waals surface area contributed by atoms with Crippen molar-refractivity contribution >= 4 is 31.7 Å². The number of fused-ring (bicyclic) bond motifs is 1. The van der Waals surface area contributed by atoms with Crippen molar-refractivity contribution < 1.29 is 26.4 Å². The van der Waals surface area contributed by atoms with Crippen LogP contribution in [0.5, 0.6) is 0 Å². The molecule has 0 saturated heterocycles. The van der Waals surface area contributed by atoms with Gasteiger partial charge >= 0.3 is 5.97 Å². The maximum Gasteiger partial charge on any atom is 0.337 e. The van der Waals surface area contributed by atoms with Crippen LogP contribution >= 0.6 is 0 Å². The van der Waals surface area contributed by atoms with Gasteiger partial charge in [0.25, 0.3) is 0 Å². The fraction of sp³-hybridized carbons (Fsp3) is 0.316. The van der Waals surface area contributed by atoms with Crippen LogP contribution in [0.1, 0.15) is 21.5 Å². The molecule has 1 aliphatic heterocycles. The Morgan fingerprint density at radius 2 is 1.72 bits per heavy atom. The molecule has 0 aliphatic carbocycles. The summed E-state index contributed by atoms with van der Waals surface area (Å²) < 4.78 is 57.6. The molecule has 0 bridgehead atoms. The molecule has 2 aromatic rings. The lowest BCUT2D eigenvalue weighted by Gasteiger charge is -2.20. The molecule has 1 heterocycles. The highest BCUT2D eigenvalue weighted by atomic mass is 32.2. The van der Waals surface area contributed by atoms with E-state index in [1.807, 2.05) is 0 Å². The molecule has 0 radical (unpaired) electrons. The van der Waals surface area contributed by atoms with Gasteiger partial charge in [0.15, 0.2) is 0 Å². The Morgan fingerprint density at radius 1 is 1.07 bits per heavy atom. The summed E-state index contributed by atoms with van der Waals surface area (Å²) in [5.41, 5.74) is 2.05. The molecule has 1 aliphatic rings. The molecule has 0 N–H and O–H groups in total. The van der Waals surface area contributed by atoms with Gasteiger partial charge < -0.3 is 4.74 Å². The molecular weight excluding hydrogens is 416 g/mol. The van der Waals surface area contributed by atoms with E-state index in [-0.39, 0.29) is 17.2 Å². The molecule has 2 aromatic carbocycles. The predicted molar refractivity (Wildman–Crippen MR) is 109 cm³/mol. The standard InChI is InChI=1S/C19H22N2O6S2/c1-20(2)29(25,26)17-8-9-18-16(12-17)10-11-21(18)28(23,24)13-14-4-6-15(7-5-14)19(22)27-3/h4-9,12H,10-11,13H2,1-3H3. The first kappa shape index (κ1) is 21.3. The van der Waals surface area contributed by atoms with E-state index in [4.69, 9.17) is 0 Å². The average Bonchev–Trinajstić information content (AvgIpc) is 3.11. The first-order valence-corrected chi connectivity index (χ1v) is 11.8. The lowest BCUT2D eigenvalue weighted by atomic mass is 10.1. The van der Waals surface area contributed by atoms with E-state index in [0.29, 0.717) is 28.8 Å². The van der Waals surface area contributed by atoms with Crippen LogP contribution in [0, 0.1) is 0 Å². The number of benzene rings is 2. The second-order valence-corrected chi connectivity index (χ2v) is 10.9. The fourth-order valence-electron chi connectivity index (χ4n) is 3.15. The number of anilines is 1. The Hall–Kier alpha value is -2.43. The van der Waals surface area contributed by atoms with Crippen LogP contribution in [0.4, 0.5) is 5.69 Å². The molecule has 0 spiro atoms. The second-order valence-electron chi connectivity index (χ2n) is 6.84. The van der Waals surface area contributed by atoms with Gasteiger partial charge in [-0.3, -0.25) is 4.31 Å². The molecule has 0 atom stereocenters. The molecule has 0 amide bonds. The summed E-state index contributed by atoms with van der Waals surface area (Å²) in [5, 5.41) is 0. The van der Waals surface area contributed by atoms with Gasteiger partial charge in [-0.05, 0) is 47.9 Å². The molecule has 0 saturated carbocycles. The smallest absolute Gasteiger partial charge is 0.337 e. The monoisotopic (exact) mass is 438 g/mol. The van der Waals surface area contributed by atoms with Crippen molar-refractivity contribution in [2.24, 2.45) is 0 Å². The molecule has 10 heteroatoms. The van der Waals surface area contributed by atoms with Crippen LogP contribution in [-0.4, -0.2) is 54.9 Å². The lowest BCUT2D eigenvalue weighted by Crippen LogP contribution is -2.30. The van der Waals surface area contributed by atoms with Gasteiger partial charge in [-0.15, -0.1) is 0 Å². The minimum atomic E-state index is -3.67. The highest BCUT2D eigenvalue weighted by molar-refractivity contribution is 7.92. The highest BCUT2D eigenvalue weighted by Gasteiger charge is 2.31. The summed E-state index contributed by atoms with van der Waals surface area (Å²) in [6.45, 7) is 0.253. The number of ether oxygens (including phenoxy) is 1. The minimum absolute atomic E-state index is 0.138. The van der Waals surface area contributed by atoms with Gasteiger partial charge in [0.2, 0.25) is 20.0 Å². The van der Waals surface area contributed by atoms with Crippen LogP contribution in [0.25, 0.3) is 0 Å². The molecule has 29 heavy (non-hydrogen) atoms. The van der Waals surface area contributed by atoms with E-state index in [2.05, 4.69) is 4.74 Å². The molecule has 3 rings (SSSR count). The van der Waals surface area contributed by atoms with Gasteiger partial charge in [-0.2, -0.15) is 0 Å². The van der Waals surface area contributed by atoms with Crippen molar-refractivity contribution in [3.05, 3.63) is 59.2 Å². The first-order chi connectivity index (χ1) is 13.6. The number of hydrogen-bond acceptors (Lipinski definition) is 6. The summed E-state index contributed by atoms with van der Waals surface area (Å²) in [4.78, 5) is 11.6. The number of sulfonamides is 2. The Kier molecular flexibility index (Phi) is 5.70. The third-order valence-electron chi connectivity index (χ3n) is 4.74. The summed E-state index contributed by atoms with van der Waals surface area (Å²) in [6, 6.07) is 10.7. The Bertz CT molecular complexity index is 1140.